The predicted octanol–water partition coefficient (Wildman–Crippen LogP) is 3.64. The molecule has 0 N–H and O–H groups in total. The van der Waals surface area contributed by atoms with Crippen molar-refractivity contribution in [1.29, 1.82) is 5.26 Å². The highest BCUT2D eigenvalue weighted by Gasteiger charge is 2.30. The zero-order valence-electron chi connectivity index (χ0n) is 9.43. The minimum atomic E-state index is -1.05. The van der Waals surface area contributed by atoms with Crippen molar-refractivity contribution in [3.05, 3.63) is 28.7 Å². The first-order valence-electron chi connectivity index (χ1n) is 5.78. The molecular formula is C13H14BrNOS. The van der Waals surface area contributed by atoms with Gasteiger partial charge in [0.25, 0.3) is 0 Å². The van der Waals surface area contributed by atoms with Crippen LogP contribution in [0.3, 0.4) is 0 Å². The molecule has 0 saturated heterocycles. The van der Waals surface area contributed by atoms with E-state index in [0.717, 1.165) is 35.1 Å². The molecular weight excluding hydrogens is 298 g/mol. The second-order valence-electron chi connectivity index (χ2n) is 4.31. The zero-order chi connectivity index (χ0) is 12.3. The lowest BCUT2D eigenvalue weighted by molar-refractivity contribution is 0.431. The summed E-state index contributed by atoms with van der Waals surface area (Å²) in [5, 5.41) is 9.12. The minimum absolute atomic E-state index is 0.00919. The van der Waals surface area contributed by atoms with Crippen molar-refractivity contribution in [2.45, 2.75) is 35.8 Å². The molecule has 1 aliphatic carbocycles. The van der Waals surface area contributed by atoms with Gasteiger partial charge in [-0.3, -0.25) is 4.21 Å². The molecule has 2 rings (SSSR count). The maximum absolute atomic E-state index is 12.4. The van der Waals surface area contributed by atoms with Crippen LogP contribution >= 0.6 is 15.9 Å². The van der Waals surface area contributed by atoms with Crippen LogP contribution in [0, 0.1) is 17.2 Å². The summed E-state index contributed by atoms with van der Waals surface area (Å²) in [4.78, 5) is 0.834. The Morgan fingerprint density at radius 3 is 2.53 bits per heavy atom. The molecule has 0 radical (unpaired) electrons. The van der Waals surface area contributed by atoms with Gasteiger partial charge in [-0.25, -0.2) is 0 Å². The first-order valence-corrected chi connectivity index (χ1v) is 7.78. The molecule has 0 amide bonds. The van der Waals surface area contributed by atoms with Crippen molar-refractivity contribution in [1.82, 2.24) is 0 Å². The van der Waals surface area contributed by atoms with Crippen molar-refractivity contribution >= 4 is 26.7 Å². The monoisotopic (exact) mass is 311 g/mol. The Morgan fingerprint density at radius 2 is 1.88 bits per heavy atom. The van der Waals surface area contributed by atoms with Crippen LogP contribution < -0.4 is 0 Å². The summed E-state index contributed by atoms with van der Waals surface area (Å²) in [6, 6.07) is 9.87. The number of rotatable bonds is 2. The van der Waals surface area contributed by atoms with E-state index in [-0.39, 0.29) is 11.2 Å². The van der Waals surface area contributed by atoms with Gasteiger partial charge in [-0.05, 0) is 37.1 Å². The van der Waals surface area contributed by atoms with Crippen molar-refractivity contribution in [2.24, 2.45) is 5.92 Å². The Hall–Kier alpha value is -0.660. The highest BCUT2D eigenvalue weighted by Crippen LogP contribution is 2.30. The second-order valence-corrected chi connectivity index (χ2v) is 6.90. The Balaban J connectivity index is 2.18. The van der Waals surface area contributed by atoms with E-state index in [9.17, 15) is 4.21 Å². The van der Waals surface area contributed by atoms with Crippen LogP contribution in [-0.4, -0.2) is 9.46 Å². The summed E-state index contributed by atoms with van der Waals surface area (Å²) in [6.07, 6.45) is 3.97. The molecule has 3 atom stereocenters. The van der Waals surface area contributed by atoms with E-state index in [1.807, 2.05) is 24.3 Å². The van der Waals surface area contributed by atoms with Crippen molar-refractivity contribution in [3.63, 3.8) is 0 Å². The summed E-state index contributed by atoms with van der Waals surface area (Å²) >= 11 is 3.36. The Bertz CT molecular complexity index is 451. The lowest BCUT2D eigenvalue weighted by Crippen LogP contribution is -2.28. The number of benzene rings is 1. The minimum Gasteiger partial charge on any atom is -0.254 e. The van der Waals surface area contributed by atoms with Crippen molar-refractivity contribution in [2.75, 3.05) is 0 Å². The molecule has 4 heteroatoms. The lowest BCUT2D eigenvalue weighted by atomic mass is 9.90. The van der Waals surface area contributed by atoms with Crippen LogP contribution in [0.5, 0.6) is 0 Å². The molecule has 0 heterocycles. The fraction of sp³-hybridized carbons (Fsp3) is 0.462. The van der Waals surface area contributed by atoms with Crippen LogP contribution in [-0.2, 0) is 10.8 Å². The number of halogens is 1. The summed E-state index contributed by atoms with van der Waals surface area (Å²) in [5.74, 6) is -0.0479. The maximum Gasteiger partial charge on any atom is 0.0668 e. The Kier molecular flexibility index (Phi) is 4.36. The van der Waals surface area contributed by atoms with Gasteiger partial charge in [-0.2, -0.15) is 5.26 Å². The molecule has 1 saturated carbocycles. The highest BCUT2D eigenvalue weighted by molar-refractivity contribution is 9.10. The van der Waals surface area contributed by atoms with Crippen LogP contribution in [0.25, 0.3) is 0 Å². The van der Waals surface area contributed by atoms with Gasteiger partial charge in [-0.1, -0.05) is 28.8 Å². The van der Waals surface area contributed by atoms with Gasteiger partial charge in [0, 0.05) is 9.37 Å². The standard InChI is InChI=1S/C13H14BrNOS/c14-11-5-7-12(8-6-11)17(16)13-4-2-1-3-10(13)9-15/h5-8,10,13H,1-4H2. The van der Waals surface area contributed by atoms with E-state index < -0.39 is 10.8 Å². The normalized spacial score (nSPS) is 26.1. The quantitative estimate of drug-likeness (QED) is 0.836. The van der Waals surface area contributed by atoms with E-state index >= 15 is 0 Å². The van der Waals surface area contributed by atoms with Crippen molar-refractivity contribution < 1.29 is 4.21 Å². The van der Waals surface area contributed by atoms with E-state index in [1.54, 1.807) is 0 Å². The summed E-state index contributed by atoms with van der Waals surface area (Å²) in [6.45, 7) is 0. The third-order valence-corrected chi connectivity index (χ3v) is 5.57. The second kappa shape index (κ2) is 5.79. The van der Waals surface area contributed by atoms with Gasteiger partial charge in [0.15, 0.2) is 0 Å². The molecule has 0 aliphatic heterocycles. The Morgan fingerprint density at radius 1 is 1.24 bits per heavy atom. The SMILES string of the molecule is N#CC1CCCCC1S(=O)c1ccc(Br)cc1. The summed E-state index contributed by atoms with van der Waals surface area (Å²) in [5.41, 5.74) is 0. The molecule has 1 aliphatic rings. The topological polar surface area (TPSA) is 40.9 Å². The van der Waals surface area contributed by atoms with E-state index in [1.165, 1.54) is 0 Å². The molecule has 0 bridgehead atoms. The molecule has 17 heavy (non-hydrogen) atoms. The van der Waals surface area contributed by atoms with Gasteiger partial charge in [-0.15, -0.1) is 0 Å². The highest BCUT2D eigenvalue weighted by atomic mass is 79.9. The van der Waals surface area contributed by atoms with Gasteiger partial charge in [0.2, 0.25) is 0 Å². The van der Waals surface area contributed by atoms with E-state index in [4.69, 9.17) is 5.26 Å². The molecule has 0 aromatic heterocycles. The third kappa shape index (κ3) is 2.97. The van der Waals surface area contributed by atoms with Crippen LogP contribution in [0.4, 0.5) is 0 Å². The van der Waals surface area contributed by atoms with Gasteiger partial charge < -0.3 is 0 Å². The molecule has 1 fully saturated rings. The number of nitriles is 1. The lowest BCUT2D eigenvalue weighted by Gasteiger charge is -2.25. The van der Waals surface area contributed by atoms with Crippen LogP contribution in [0.1, 0.15) is 25.7 Å². The summed E-state index contributed by atoms with van der Waals surface area (Å²) in [7, 11) is -1.05. The first-order chi connectivity index (χ1) is 8.22. The van der Waals surface area contributed by atoms with Gasteiger partial charge in [0.1, 0.15) is 0 Å². The van der Waals surface area contributed by atoms with Crippen LogP contribution in [0.15, 0.2) is 33.6 Å². The molecule has 1 aromatic carbocycles. The van der Waals surface area contributed by atoms with Crippen LogP contribution in [0.2, 0.25) is 0 Å². The fourth-order valence-electron chi connectivity index (χ4n) is 2.24. The van der Waals surface area contributed by atoms with E-state index in [0.29, 0.717) is 0 Å². The average Bonchev–Trinajstić information content (AvgIpc) is 2.39. The zero-order valence-corrected chi connectivity index (χ0v) is 11.8. The average molecular weight is 312 g/mol. The summed E-state index contributed by atoms with van der Waals surface area (Å²) < 4.78 is 13.4. The molecule has 0 spiro atoms. The largest absolute Gasteiger partial charge is 0.254 e. The fourth-order valence-corrected chi connectivity index (χ4v) is 4.14. The Labute approximate surface area is 113 Å². The third-order valence-electron chi connectivity index (χ3n) is 3.19. The number of hydrogen-bond donors (Lipinski definition) is 0. The van der Waals surface area contributed by atoms with Gasteiger partial charge in [0.05, 0.1) is 28.0 Å². The number of nitrogens with zero attached hydrogens (tertiary/aromatic N) is 1. The molecule has 2 nitrogen and oxygen atoms in total. The van der Waals surface area contributed by atoms with E-state index in [2.05, 4.69) is 22.0 Å². The number of hydrogen-bond acceptors (Lipinski definition) is 2. The first kappa shape index (κ1) is 12.8. The predicted molar refractivity (Wildman–Crippen MR) is 71.9 cm³/mol. The molecule has 3 unspecified atom stereocenters. The molecule has 90 valence electrons. The van der Waals surface area contributed by atoms with Crippen molar-refractivity contribution in [3.8, 4) is 6.07 Å². The van der Waals surface area contributed by atoms with Gasteiger partial charge >= 0.3 is 0 Å². The molecule has 1 aromatic rings. The smallest absolute Gasteiger partial charge is 0.0668 e. The maximum atomic E-state index is 12.4.